The van der Waals surface area contributed by atoms with E-state index in [4.69, 9.17) is 0 Å². The topological polar surface area (TPSA) is 86.7 Å². The van der Waals surface area contributed by atoms with Gasteiger partial charge < -0.3 is 9.47 Å². The average Bonchev–Trinajstić information content (AvgIpc) is 2.22. The van der Waals surface area contributed by atoms with Crippen LogP contribution in [0.15, 0.2) is 0 Å². The Bertz CT molecular complexity index is 283. The zero-order valence-electron chi connectivity index (χ0n) is 9.23. The number of carbonyl (C=O) groups is 4. The smallest absolute Gasteiger partial charge is 0.306 e. The number of ketones is 1. The number of esters is 2. The summed E-state index contributed by atoms with van der Waals surface area (Å²) in [5.74, 6) is -1.86. The summed E-state index contributed by atoms with van der Waals surface area (Å²) in [6.07, 6.45) is -1.50. The van der Waals surface area contributed by atoms with E-state index in [1.807, 2.05) is 0 Å². The van der Waals surface area contributed by atoms with Crippen molar-refractivity contribution in [1.29, 1.82) is 0 Å². The summed E-state index contributed by atoms with van der Waals surface area (Å²) in [4.78, 5) is 43.2. The van der Waals surface area contributed by atoms with Crippen molar-refractivity contribution in [3.8, 4) is 0 Å². The Morgan fingerprint density at radius 1 is 1.25 bits per heavy atom. The molecule has 1 atom stereocenters. The van der Waals surface area contributed by atoms with E-state index >= 15 is 0 Å². The van der Waals surface area contributed by atoms with E-state index in [0.717, 1.165) is 6.92 Å². The minimum Gasteiger partial charge on any atom is -0.466 e. The summed E-state index contributed by atoms with van der Waals surface area (Å²) < 4.78 is 9.04. The quantitative estimate of drug-likeness (QED) is 0.348. The van der Waals surface area contributed by atoms with E-state index < -0.39 is 23.8 Å². The van der Waals surface area contributed by atoms with Crippen LogP contribution < -0.4 is 0 Å². The second-order valence-electron chi connectivity index (χ2n) is 2.94. The molecule has 0 aliphatic heterocycles. The Labute approximate surface area is 92.9 Å². The maximum Gasteiger partial charge on any atom is 0.306 e. The highest BCUT2D eigenvalue weighted by atomic mass is 16.5. The van der Waals surface area contributed by atoms with Gasteiger partial charge in [-0.3, -0.25) is 19.2 Å². The Balaban J connectivity index is 4.07. The minimum absolute atomic E-state index is 0.127. The van der Waals surface area contributed by atoms with Crippen molar-refractivity contribution in [2.24, 2.45) is 0 Å². The van der Waals surface area contributed by atoms with Crippen molar-refractivity contribution in [3.05, 3.63) is 0 Å². The lowest BCUT2D eigenvalue weighted by atomic mass is 10.1. The molecule has 0 spiro atoms. The second-order valence-corrected chi connectivity index (χ2v) is 2.94. The van der Waals surface area contributed by atoms with Crippen LogP contribution in [0.2, 0.25) is 0 Å². The maximum atomic E-state index is 11.3. The van der Waals surface area contributed by atoms with E-state index in [1.54, 1.807) is 6.92 Å². The lowest BCUT2D eigenvalue weighted by molar-refractivity contribution is -0.155. The first kappa shape index (κ1) is 14.3. The maximum absolute atomic E-state index is 11.3. The lowest BCUT2D eigenvalue weighted by Crippen LogP contribution is -2.28. The largest absolute Gasteiger partial charge is 0.466 e. The molecule has 0 rings (SSSR count). The molecule has 90 valence electrons. The third-order valence-electron chi connectivity index (χ3n) is 1.61. The fourth-order valence-corrected chi connectivity index (χ4v) is 0.949. The summed E-state index contributed by atoms with van der Waals surface area (Å²) >= 11 is 0. The van der Waals surface area contributed by atoms with Crippen molar-refractivity contribution in [3.63, 3.8) is 0 Å². The highest BCUT2D eigenvalue weighted by molar-refractivity contribution is 5.98. The molecule has 0 bridgehead atoms. The molecule has 0 saturated carbocycles. The predicted molar refractivity (Wildman–Crippen MR) is 52.5 cm³/mol. The summed E-state index contributed by atoms with van der Waals surface area (Å²) in [6.45, 7) is 2.97. The molecule has 0 aromatic heterocycles. The molecule has 0 radical (unpaired) electrons. The van der Waals surface area contributed by atoms with Crippen molar-refractivity contribution >= 4 is 24.0 Å². The van der Waals surface area contributed by atoms with Crippen LogP contribution >= 0.6 is 0 Å². The first-order valence-electron chi connectivity index (χ1n) is 4.82. The number of hydrogen-bond donors (Lipinski definition) is 0. The molecule has 16 heavy (non-hydrogen) atoms. The molecule has 0 aromatic carbocycles. The van der Waals surface area contributed by atoms with Gasteiger partial charge in [0, 0.05) is 13.3 Å². The second kappa shape index (κ2) is 7.56. The van der Waals surface area contributed by atoms with Gasteiger partial charge in [-0.25, -0.2) is 0 Å². The van der Waals surface area contributed by atoms with Gasteiger partial charge in [0.15, 0.2) is 12.1 Å². The summed E-state index contributed by atoms with van der Waals surface area (Å²) in [5.41, 5.74) is 0. The molecule has 0 amide bonds. The average molecular weight is 230 g/mol. The van der Waals surface area contributed by atoms with Gasteiger partial charge in [-0.1, -0.05) is 0 Å². The summed E-state index contributed by atoms with van der Waals surface area (Å²) in [6, 6.07) is 0. The fraction of sp³-hybridized carbons (Fsp3) is 0.600. The van der Waals surface area contributed by atoms with Gasteiger partial charge in [0.25, 0.3) is 0 Å². The minimum atomic E-state index is -1.42. The first-order valence-corrected chi connectivity index (χ1v) is 4.82. The van der Waals surface area contributed by atoms with Crippen LogP contribution in [0.25, 0.3) is 0 Å². The Morgan fingerprint density at radius 2 is 1.88 bits per heavy atom. The zero-order valence-corrected chi connectivity index (χ0v) is 9.23. The molecule has 1 unspecified atom stereocenters. The molecule has 0 N–H and O–H groups in total. The first-order chi connectivity index (χ1) is 7.51. The van der Waals surface area contributed by atoms with Crippen molar-refractivity contribution in [2.45, 2.75) is 32.8 Å². The Hall–Kier alpha value is -1.72. The fourth-order valence-electron chi connectivity index (χ4n) is 0.949. The number of rotatable bonds is 7. The van der Waals surface area contributed by atoms with Gasteiger partial charge >= 0.3 is 11.9 Å². The molecule has 0 heterocycles. The van der Waals surface area contributed by atoms with Gasteiger partial charge in [0.05, 0.1) is 13.0 Å². The highest BCUT2D eigenvalue weighted by Gasteiger charge is 2.21. The normalized spacial score (nSPS) is 11.4. The van der Waals surface area contributed by atoms with Gasteiger partial charge in [0.2, 0.25) is 6.10 Å². The summed E-state index contributed by atoms with van der Waals surface area (Å²) in [7, 11) is 0. The van der Waals surface area contributed by atoms with E-state index in [-0.39, 0.29) is 25.7 Å². The molecule has 0 aliphatic carbocycles. The van der Waals surface area contributed by atoms with Gasteiger partial charge in [-0.05, 0) is 6.92 Å². The van der Waals surface area contributed by atoms with Gasteiger partial charge in [-0.15, -0.1) is 0 Å². The third-order valence-corrected chi connectivity index (χ3v) is 1.61. The highest BCUT2D eigenvalue weighted by Crippen LogP contribution is 2.01. The molecule has 6 heteroatoms. The van der Waals surface area contributed by atoms with E-state index in [0.29, 0.717) is 0 Å². The van der Waals surface area contributed by atoms with Crippen LogP contribution in [0.1, 0.15) is 26.7 Å². The number of aldehydes is 1. The molecule has 0 aliphatic rings. The SMILES string of the molecule is CCOC(=O)CCC(=O)C(C=O)OC(C)=O. The third kappa shape index (κ3) is 5.90. The van der Waals surface area contributed by atoms with Crippen LogP contribution in [0.5, 0.6) is 0 Å². The van der Waals surface area contributed by atoms with Crippen LogP contribution in [0, 0.1) is 0 Å². The molecule has 0 aromatic rings. The van der Waals surface area contributed by atoms with Crippen LogP contribution in [-0.2, 0) is 28.7 Å². The van der Waals surface area contributed by atoms with Crippen LogP contribution in [0.3, 0.4) is 0 Å². The van der Waals surface area contributed by atoms with Gasteiger partial charge in [0.1, 0.15) is 0 Å². The monoisotopic (exact) mass is 230 g/mol. The Kier molecular flexibility index (Phi) is 6.74. The molecular weight excluding hydrogens is 216 g/mol. The summed E-state index contributed by atoms with van der Waals surface area (Å²) in [5, 5.41) is 0. The van der Waals surface area contributed by atoms with Gasteiger partial charge in [-0.2, -0.15) is 0 Å². The number of hydrogen-bond acceptors (Lipinski definition) is 6. The van der Waals surface area contributed by atoms with E-state index in [9.17, 15) is 19.2 Å². The Morgan fingerprint density at radius 3 is 2.31 bits per heavy atom. The van der Waals surface area contributed by atoms with Crippen molar-refractivity contribution in [2.75, 3.05) is 6.61 Å². The predicted octanol–water partition coefficient (Wildman–Crippen LogP) is 0.0294. The number of Topliss-reactive ketones (excluding diaryl/α,β-unsaturated/α-hetero) is 1. The van der Waals surface area contributed by atoms with Crippen molar-refractivity contribution in [1.82, 2.24) is 0 Å². The van der Waals surface area contributed by atoms with Crippen molar-refractivity contribution < 1.29 is 28.7 Å². The lowest BCUT2D eigenvalue weighted by Gasteiger charge is -2.08. The molecule has 0 fully saturated rings. The molecule has 0 saturated heterocycles. The number of carbonyl (C=O) groups excluding carboxylic acids is 4. The molecular formula is C10H14O6. The van der Waals surface area contributed by atoms with Crippen LogP contribution in [0.4, 0.5) is 0 Å². The van der Waals surface area contributed by atoms with Crippen LogP contribution in [-0.4, -0.2) is 36.7 Å². The molecule has 6 nitrogen and oxygen atoms in total. The number of ether oxygens (including phenoxy) is 2. The van der Waals surface area contributed by atoms with E-state index in [1.165, 1.54) is 0 Å². The standard InChI is InChI=1S/C10H14O6/c1-3-15-10(14)5-4-8(13)9(6-11)16-7(2)12/h6,9H,3-5H2,1-2H3. The zero-order chi connectivity index (χ0) is 12.6. The van der Waals surface area contributed by atoms with E-state index in [2.05, 4.69) is 9.47 Å².